The number of aryl methyl sites for hydroxylation is 1. The predicted molar refractivity (Wildman–Crippen MR) is 106 cm³/mol. The molecule has 0 atom stereocenters. The van der Waals surface area contributed by atoms with Gasteiger partial charge in [0.25, 0.3) is 0 Å². The number of benzene rings is 1. The first kappa shape index (κ1) is 21.5. The molecule has 0 aliphatic rings. The molecule has 0 saturated carbocycles. The molecule has 5 heteroatoms. The van der Waals surface area contributed by atoms with Crippen LogP contribution in [0.3, 0.4) is 0 Å². The molecule has 0 aliphatic heterocycles. The molecule has 5 nitrogen and oxygen atoms in total. The maximum Gasteiger partial charge on any atom is 0.191 e. The summed E-state index contributed by atoms with van der Waals surface area (Å²) >= 11 is 0. The van der Waals surface area contributed by atoms with Crippen LogP contribution in [0.4, 0.5) is 0 Å². The molecule has 25 heavy (non-hydrogen) atoms. The van der Waals surface area contributed by atoms with Gasteiger partial charge in [-0.3, -0.25) is 4.99 Å². The van der Waals surface area contributed by atoms with E-state index in [9.17, 15) is 0 Å². The minimum Gasteiger partial charge on any atom is -0.382 e. The highest BCUT2D eigenvalue weighted by Gasteiger charge is 2.20. The summed E-state index contributed by atoms with van der Waals surface area (Å²) in [7, 11) is 1.68. The van der Waals surface area contributed by atoms with E-state index in [1.54, 1.807) is 7.11 Å². The van der Waals surface area contributed by atoms with Crippen LogP contribution in [0, 0.1) is 0 Å². The third-order valence-corrected chi connectivity index (χ3v) is 4.09. The van der Waals surface area contributed by atoms with Gasteiger partial charge in [0.2, 0.25) is 0 Å². The highest BCUT2D eigenvalue weighted by Crippen LogP contribution is 2.24. The number of ether oxygens (including phenoxy) is 2. The first-order valence-electron chi connectivity index (χ1n) is 9.21. The quantitative estimate of drug-likeness (QED) is 0.366. The van der Waals surface area contributed by atoms with Crippen LogP contribution in [0.15, 0.2) is 29.3 Å². The van der Waals surface area contributed by atoms with Gasteiger partial charge in [-0.05, 0) is 24.5 Å². The van der Waals surface area contributed by atoms with Crippen LogP contribution >= 0.6 is 0 Å². The van der Waals surface area contributed by atoms with E-state index in [2.05, 4.69) is 62.6 Å². The lowest BCUT2D eigenvalue weighted by atomic mass is 9.84. The fraction of sp³-hybridized carbons (Fsp3) is 0.650. The maximum absolute atomic E-state index is 5.47. The summed E-state index contributed by atoms with van der Waals surface area (Å²) < 4.78 is 10.4. The van der Waals surface area contributed by atoms with Gasteiger partial charge in [-0.15, -0.1) is 0 Å². The highest BCUT2D eigenvalue weighted by atomic mass is 16.5. The summed E-state index contributed by atoms with van der Waals surface area (Å²) in [6.45, 7) is 12.9. The summed E-state index contributed by atoms with van der Waals surface area (Å²) in [5, 5.41) is 6.60. The molecule has 0 bridgehead atoms. The number of rotatable bonds is 11. The van der Waals surface area contributed by atoms with Gasteiger partial charge in [-0.25, -0.2) is 0 Å². The second-order valence-corrected chi connectivity index (χ2v) is 6.66. The van der Waals surface area contributed by atoms with Crippen molar-refractivity contribution in [2.24, 2.45) is 4.99 Å². The minimum absolute atomic E-state index is 0.0103. The Morgan fingerprint density at radius 1 is 1.04 bits per heavy atom. The van der Waals surface area contributed by atoms with Crippen LogP contribution in [0.1, 0.15) is 38.8 Å². The maximum atomic E-state index is 5.47. The molecular formula is C20H35N3O2. The third-order valence-electron chi connectivity index (χ3n) is 4.09. The lowest BCUT2D eigenvalue weighted by molar-refractivity contribution is 0.0733. The van der Waals surface area contributed by atoms with Crippen LogP contribution in [0.5, 0.6) is 0 Å². The zero-order chi connectivity index (χ0) is 18.5. The lowest BCUT2D eigenvalue weighted by Gasteiger charge is -2.24. The normalized spacial score (nSPS) is 12.3. The molecule has 2 N–H and O–H groups in total. The van der Waals surface area contributed by atoms with E-state index in [1.165, 1.54) is 11.1 Å². The zero-order valence-corrected chi connectivity index (χ0v) is 16.5. The number of methoxy groups -OCH3 is 1. The molecular weight excluding hydrogens is 314 g/mol. The Morgan fingerprint density at radius 2 is 1.76 bits per heavy atom. The van der Waals surface area contributed by atoms with Crippen LogP contribution in [-0.2, 0) is 21.3 Å². The fourth-order valence-electron chi connectivity index (χ4n) is 2.39. The van der Waals surface area contributed by atoms with Crippen molar-refractivity contribution in [3.8, 4) is 0 Å². The fourth-order valence-corrected chi connectivity index (χ4v) is 2.39. The van der Waals surface area contributed by atoms with E-state index in [0.29, 0.717) is 19.8 Å². The monoisotopic (exact) mass is 349 g/mol. The van der Waals surface area contributed by atoms with E-state index in [-0.39, 0.29) is 5.41 Å². The van der Waals surface area contributed by atoms with E-state index >= 15 is 0 Å². The van der Waals surface area contributed by atoms with Crippen molar-refractivity contribution < 1.29 is 9.47 Å². The topological polar surface area (TPSA) is 54.9 Å². The molecule has 0 aliphatic carbocycles. The lowest BCUT2D eigenvalue weighted by Crippen LogP contribution is -2.40. The van der Waals surface area contributed by atoms with Crippen LogP contribution < -0.4 is 10.6 Å². The summed E-state index contributed by atoms with van der Waals surface area (Å²) in [6, 6.07) is 8.86. The van der Waals surface area contributed by atoms with Gasteiger partial charge in [-0.1, -0.05) is 45.0 Å². The first-order valence-corrected chi connectivity index (χ1v) is 9.21. The molecule has 0 saturated heterocycles. The summed E-state index contributed by atoms with van der Waals surface area (Å²) in [5.74, 6) is 0.830. The number of guanidine groups is 1. The van der Waals surface area contributed by atoms with Gasteiger partial charge in [0.1, 0.15) is 0 Å². The highest BCUT2D eigenvalue weighted by molar-refractivity contribution is 5.79. The molecule has 0 fully saturated rings. The van der Waals surface area contributed by atoms with E-state index in [0.717, 1.165) is 32.0 Å². The largest absolute Gasteiger partial charge is 0.382 e. The Labute approximate surface area is 153 Å². The molecule has 0 aromatic heterocycles. The molecule has 0 radical (unpaired) electrons. The smallest absolute Gasteiger partial charge is 0.191 e. The molecule has 0 spiro atoms. The number of nitrogens with zero attached hydrogens (tertiary/aromatic N) is 1. The molecule has 0 unspecified atom stereocenters. The average molecular weight is 350 g/mol. The third kappa shape index (κ3) is 8.36. The number of hydrogen-bond acceptors (Lipinski definition) is 3. The van der Waals surface area contributed by atoms with Crippen LogP contribution in [-0.4, -0.2) is 52.5 Å². The van der Waals surface area contributed by atoms with Crippen LogP contribution in [0.25, 0.3) is 0 Å². The van der Waals surface area contributed by atoms with E-state index in [1.807, 2.05) is 0 Å². The van der Waals surface area contributed by atoms with Crippen molar-refractivity contribution in [1.29, 1.82) is 0 Å². The zero-order valence-electron chi connectivity index (χ0n) is 16.5. The Morgan fingerprint density at radius 3 is 2.36 bits per heavy atom. The predicted octanol–water partition coefficient (Wildman–Crippen LogP) is 2.74. The Balaban J connectivity index is 2.55. The van der Waals surface area contributed by atoms with Crippen molar-refractivity contribution >= 4 is 5.96 Å². The summed E-state index contributed by atoms with van der Waals surface area (Å²) in [6.07, 6.45) is 1.07. The van der Waals surface area contributed by atoms with Gasteiger partial charge in [0, 0.05) is 25.6 Å². The molecule has 0 heterocycles. The van der Waals surface area contributed by atoms with Gasteiger partial charge in [0.05, 0.1) is 26.4 Å². The number of nitrogens with one attached hydrogen (secondary N) is 2. The van der Waals surface area contributed by atoms with Gasteiger partial charge < -0.3 is 20.1 Å². The Hall–Kier alpha value is -1.59. The second kappa shape index (κ2) is 11.9. The van der Waals surface area contributed by atoms with E-state index in [4.69, 9.17) is 14.5 Å². The SMILES string of the molecule is CCNC(=NCC(C)(C)c1ccc(CC)cc1)NCCOCCOC. The van der Waals surface area contributed by atoms with Gasteiger partial charge in [0.15, 0.2) is 5.96 Å². The minimum atomic E-state index is -0.0103. The van der Waals surface area contributed by atoms with E-state index < -0.39 is 0 Å². The molecule has 0 amide bonds. The summed E-state index contributed by atoms with van der Waals surface area (Å²) in [5.41, 5.74) is 2.67. The van der Waals surface area contributed by atoms with Crippen molar-refractivity contribution in [1.82, 2.24) is 10.6 Å². The average Bonchev–Trinajstić information content (AvgIpc) is 2.62. The molecule has 1 aromatic carbocycles. The van der Waals surface area contributed by atoms with Crippen molar-refractivity contribution in [2.45, 2.75) is 39.5 Å². The Bertz CT molecular complexity index is 498. The molecule has 1 aromatic rings. The van der Waals surface area contributed by atoms with Gasteiger partial charge in [-0.2, -0.15) is 0 Å². The van der Waals surface area contributed by atoms with Crippen molar-refractivity contribution in [2.75, 3.05) is 46.6 Å². The van der Waals surface area contributed by atoms with Crippen molar-refractivity contribution in [3.05, 3.63) is 35.4 Å². The molecule has 1 rings (SSSR count). The van der Waals surface area contributed by atoms with Crippen LogP contribution in [0.2, 0.25) is 0 Å². The number of aliphatic imine (C=N–C) groups is 1. The summed E-state index contributed by atoms with van der Waals surface area (Å²) in [4.78, 5) is 4.75. The standard InChI is InChI=1S/C20H35N3O2/c1-6-17-8-10-18(11-9-17)20(3,4)16-23-19(21-7-2)22-12-13-25-15-14-24-5/h8-11H,6-7,12-16H2,1-5H3,(H2,21,22,23). The number of hydrogen-bond donors (Lipinski definition) is 2. The Kier molecular flexibility index (Phi) is 10.2. The molecule has 142 valence electrons. The second-order valence-electron chi connectivity index (χ2n) is 6.66. The van der Waals surface area contributed by atoms with Crippen molar-refractivity contribution in [3.63, 3.8) is 0 Å². The first-order chi connectivity index (χ1) is 12.0. The van der Waals surface area contributed by atoms with Gasteiger partial charge >= 0.3 is 0 Å².